The molecule has 1 aliphatic carbocycles. The number of carbonyl (C=O) groups excluding carboxylic acids is 1. The minimum atomic E-state index is -0.583. The highest BCUT2D eigenvalue weighted by molar-refractivity contribution is 6.31. The molecule has 1 aliphatic heterocycles. The molecule has 2 N–H and O–H groups in total. The molecule has 1 saturated carbocycles. The number of hydrogen-bond acceptors (Lipinski definition) is 4. The van der Waals surface area contributed by atoms with E-state index in [1.807, 2.05) is 18.2 Å². The van der Waals surface area contributed by atoms with Crippen molar-refractivity contribution < 1.29 is 19.0 Å². The van der Waals surface area contributed by atoms with Gasteiger partial charge in [0.1, 0.15) is 0 Å². The number of benzene rings is 2. The number of fused-ring (bicyclic) bond motifs is 1. The Balaban J connectivity index is 1.62. The zero-order chi connectivity index (χ0) is 20.4. The number of rotatable bonds is 4. The lowest BCUT2D eigenvalue weighted by Crippen LogP contribution is -2.46. The summed E-state index contributed by atoms with van der Waals surface area (Å²) in [5.74, 6) is -1.06. The molecule has 0 saturated heterocycles. The van der Waals surface area contributed by atoms with E-state index in [-0.39, 0.29) is 17.6 Å². The van der Waals surface area contributed by atoms with Crippen molar-refractivity contribution in [2.45, 2.75) is 44.4 Å². The molecule has 1 fully saturated rings. The van der Waals surface area contributed by atoms with E-state index in [1.165, 1.54) is 6.07 Å². The van der Waals surface area contributed by atoms with Crippen LogP contribution >= 0.6 is 11.6 Å². The van der Waals surface area contributed by atoms with Crippen molar-refractivity contribution in [2.75, 3.05) is 4.90 Å². The van der Waals surface area contributed by atoms with Gasteiger partial charge in [0, 0.05) is 11.6 Å². The maximum absolute atomic E-state index is 14.4. The van der Waals surface area contributed by atoms with Gasteiger partial charge < -0.3 is 20.1 Å². The largest absolute Gasteiger partial charge is 0.445 e. The van der Waals surface area contributed by atoms with Crippen molar-refractivity contribution in [1.82, 2.24) is 5.32 Å². The first-order valence-electron chi connectivity index (χ1n) is 9.70. The molecule has 1 amide bonds. The monoisotopic (exact) mass is 416 g/mol. The number of nitrogens with one attached hydrogen (secondary N) is 1. The lowest BCUT2D eigenvalue weighted by Gasteiger charge is -2.31. The van der Waals surface area contributed by atoms with Crippen LogP contribution in [0.5, 0.6) is 5.75 Å². The summed E-state index contributed by atoms with van der Waals surface area (Å²) in [7, 11) is 0. The zero-order valence-electron chi connectivity index (χ0n) is 15.8. The summed E-state index contributed by atoms with van der Waals surface area (Å²) < 4.78 is 20.1. The number of halogens is 2. The number of aliphatic hydroxyl groups is 1. The topological polar surface area (TPSA) is 61.8 Å². The molecular formula is C22H22ClFN2O3. The first-order valence-corrected chi connectivity index (χ1v) is 10.1. The molecule has 0 spiro atoms. The Bertz CT molecular complexity index is 949. The van der Waals surface area contributed by atoms with Gasteiger partial charge in [0.25, 0.3) is 5.91 Å². The standard InChI is InChI=1S/C22H22ClFN2O3/c23-15-7-2-1-6-14(15)12-26-13-20(29-21-16(24)8-5-10-18(21)26)22(28)25-17-9-3-4-11-19(17)27/h1-2,5-8,10,13,17,19,27H,3-4,9,11-12H2,(H,25,28)/t17-,19-/m0/s1. The predicted octanol–water partition coefficient (Wildman–Crippen LogP) is 4.14. The first kappa shape index (κ1) is 19.7. The number of ether oxygens (including phenoxy) is 1. The number of nitrogens with zero attached hydrogens (tertiary/aromatic N) is 1. The minimum absolute atomic E-state index is 0.00334. The van der Waals surface area contributed by atoms with Crippen molar-refractivity contribution >= 4 is 23.2 Å². The van der Waals surface area contributed by atoms with E-state index in [0.29, 0.717) is 30.1 Å². The highest BCUT2D eigenvalue weighted by atomic mass is 35.5. The van der Waals surface area contributed by atoms with Crippen molar-refractivity contribution in [1.29, 1.82) is 0 Å². The van der Waals surface area contributed by atoms with Gasteiger partial charge in [0.05, 0.1) is 24.0 Å². The summed E-state index contributed by atoms with van der Waals surface area (Å²) in [6.07, 6.45) is 4.21. The number of carbonyl (C=O) groups is 1. The smallest absolute Gasteiger partial charge is 0.288 e. The van der Waals surface area contributed by atoms with Crippen LogP contribution < -0.4 is 15.0 Å². The Labute approximate surface area is 173 Å². The Hall–Kier alpha value is -2.57. The first-order chi connectivity index (χ1) is 14.0. The van der Waals surface area contributed by atoms with Gasteiger partial charge in [0.15, 0.2) is 11.6 Å². The number of amides is 1. The summed E-state index contributed by atoms with van der Waals surface area (Å²) in [4.78, 5) is 14.6. The van der Waals surface area contributed by atoms with Gasteiger partial charge in [-0.1, -0.05) is 48.7 Å². The lowest BCUT2D eigenvalue weighted by atomic mass is 9.92. The molecule has 2 aliphatic rings. The number of hydrogen-bond donors (Lipinski definition) is 2. The highest BCUT2D eigenvalue weighted by Crippen LogP contribution is 2.38. The SMILES string of the molecule is O=C(N[C@H]1CCCC[C@@H]1O)C1=CN(Cc2ccccc2Cl)c2cccc(F)c2O1. The molecule has 4 rings (SSSR count). The van der Waals surface area contributed by atoms with Gasteiger partial charge in [-0.2, -0.15) is 0 Å². The summed E-state index contributed by atoms with van der Waals surface area (Å²) in [5.41, 5.74) is 1.35. The predicted molar refractivity (Wildman–Crippen MR) is 109 cm³/mol. The van der Waals surface area contributed by atoms with E-state index < -0.39 is 17.8 Å². The van der Waals surface area contributed by atoms with Gasteiger partial charge in [-0.15, -0.1) is 0 Å². The average Bonchev–Trinajstić information content (AvgIpc) is 2.72. The van der Waals surface area contributed by atoms with Gasteiger partial charge in [-0.05, 0) is 36.6 Å². The summed E-state index contributed by atoms with van der Waals surface area (Å²) in [6, 6.07) is 11.6. The molecule has 7 heteroatoms. The molecule has 0 unspecified atom stereocenters. The Morgan fingerprint density at radius 2 is 2.00 bits per heavy atom. The quantitative estimate of drug-likeness (QED) is 0.786. The lowest BCUT2D eigenvalue weighted by molar-refractivity contribution is -0.121. The van der Waals surface area contributed by atoms with Crippen LogP contribution in [0.3, 0.4) is 0 Å². The van der Waals surface area contributed by atoms with Crippen LogP contribution in [0.15, 0.2) is 54.4 Å². The summed E-state index contributed by atoms with van der Waals surface area (Å²) in [6.45, 7) is 0.350. The van der Waals surface area contributed by atoms with Crippen LogP contribution in [0, 0.1) is 5.82 Å². The number of para-hydroxylation sites is 1. The summed E-state index contributed by atoms with van der Waals surface area (Å²) >= 11 is 6.29. The van der Waals surface area contributed by atoms with Crippen molar-refractivity contribution in [3.8, 4) is 5.75 Å². The fourth-order valence-electron chi connectivity index (χ4n) is 3.74. The van der Waals surface area contributed by atoms with E-state index in [1.54, 1.807) is 29.3 Å². The normalized spacial score (nSPS) is 21.1. The van der Waals surface area contributed by atoms with Crippen LogP contribution in [0.4, 0.5) is 10.1 Å². The molecule has 29 heavy (non-hydrogen) atoms. The number of anilines is 1. The molecular weight excluding hydrogens is 395 g/mol. The van der Waals surface area contributed by atoms with Crippen molar-refractivity contribution in [3.63, 3.8) is 0 Å². The second kappa shape index (κ2) is 8.43. The summed E-state index contributed by atoms with van der Waals surface area (Å²) in [5, 5.41) is 13.5. The molecule has 2 aromatic rings. The van der Waals surface area contributed by atoms with Crippen LogP contribution in [0.25, 0.3) is 0 Å². The average molecular weight is 417 g/mol. The zero-order valence-corrected chi connectivity index (χ0v) is 16.5. The fraction of sp³-hybridized carbons (Fsp3) is 0.318. The van der Waals surface area contributed by atoms with Crippen LogP contribution in [-0.2, 0) is 11.3 Å². The molecule has 0 aromatic heterocycles. The van der Waals surface area contributed by atoms with Gasteiger partial charge in [-0.3, -0.25) is 4.79 Å². The Morgan fingerprint density at radius 3 is 2.79 bits per heavy atom. The Morgan fingerprint density at radius 1 is 1.21 bits per heavy atom. The maximum Gasteiger partial charge on any atom is 0.288 e. The van der Waals surface area contributed by atoms with Crippen molar-refractivity contribution in [3.05, 3.63) is 70.8 Å². The molecule has 2 atom stereocenters. The van der Waals surface area contributed by atoms with Crippen LogP contribution in [0.1, 0.15) is 31.2 Å². The third-order valence-electron chi connectivity index (χ3n) is 5.31. The minimum Gasteiger partial charge on any atom is -0.445 e. The molecule has 0 radical (unpaired) electrons. The second-order valence-electron chi connectivity index (χ2n) is 7.33. The fourth-order valence-corrected chi connectivity index (χ4v) is 3.93. The van der Waals surface area contributed by atoms with E-state index in [4.69, 9.17) is 16.3 Å². The molecule has 5 nitrogen and oxygen atoms in total. The van der Waals surface area contributed by atoms with Gasteiger partial charge in [-0.25, -0.2) is 4.39 Å². The van der Waals surface area contributed by atoms with E-state index >= 15 is 0 Å². The second-order valence-corrected chi connectivity index (χ2v) is 7.74. The van der Waals surface area contributed by atoms with Crippen LogP contribution in [-0.4, -0.2) is 23.2 Å². The van der Waals surface area contributed by atoms with Crippen molar-refractivity contribution in [2.24, 2.45) is 0 Å². The third-order valence-corrected chi connectivity index (χ3v) is 5.68. The molecule has 152 valence electrons. The maximum atomic E-state index is 14.4. The van der Waals surface area contributed by atoms with Crippen LogP contribution in [0.2, 0.25) is 5.02 Å². The van der Waals surface area contributed by atoms with E-state index in [2.05, 4.69) is 5.32 Å². The van der Waals surface area contributed by atoms with E-state index in [0.717, 1.165) is 18.4 Å². The Kier molecular flexibility index (Phi) is 5.74. The highest BCUT2D eigenvalue weighted by Gasteiger charge is 2.30. The third kappa shape index (κ3) is 4.23. The van der Waals surface area contributed by atoms with E-state index in [9.17, 15) is 14.3 Å². The molecule has 1 heterocycles. The molecule has 0 bridgehead atoms. The number of aliphatic hydroxyl groups excluding tert-OH is 1. The van der Waals surface area contributed by atoms with Gasteiger partial charge in [0.2, 0.25) is 5.76 Å². The van der Waals surface area contributed by atoms with Gasteiger partial charge >= 0.3 is 0 Å². The molecule has 2 aromatic carbocycles.